The van der Waals surface area contributed by atoms with E-state index in [1.807, 2.05) is 13.8 Å². The zero-order chi connectivity index (χ0) is 13.8. The Morgan fingerprint density at radius 1 is 1.39 bits per heavy atom. The number of anilines is 1. The second kappa shape index (κ2) is 6.41. The van der Waals surface area contributed by atoms with Crippen LogP contribution in [-0.2, 0) is 6.18 Å². The number of hydrogen-bond donors (Lipinski definition) is 1. The van der Waals surface area contributed by atoms with Gasteiger partial charge in [-0.25, -0.2) is 4.98 Å². The van der Waals surface area contributed by atoms with Crippen LogP contribution < -0.4 is 5.32 Å². The molecule has 0 fully saturated rings. The van der Waals surface area contributed by atoms with Gasteiger partial charge in [0.15, 0.2) is 0 Å². The van der Waals surface area contributed by atoms with Gasteiger partial charge in [0.25, 0.3) is 0 Å². The molecule has 2 nitrogen and oxygen atoms in total. The van der Waals surface area contributed by atoms with E-state index in [4.69, 9.17) is 0 Å². The molecule has 0 saturated carbocycles. The maximum absolute atomic E-state index is 12.9. The van der Waals surface area contributed by atoms with Gasteiger partial charge in [0, 0.05) is 16.7 Å². The second-order valence-electron chi connectivity index (χ2n) is 4.09. The van der Waals surface area contributed by atoms with Crippen molar-refractivity contribution in [1.29, 1.82) is 0 Å². The van der Waals surface area contributed by atoms with Crippen LogP contribution in [0.1, 0.15) is 38.7 Å². The molecule has 0 aliphatic carbocycles. The Labute approximate surface area is 113 Å². The predicted molar refractivity (Wildman–Crippen MR) is 69.5 cm³/mol. The third-order valence-electron chi connectivity index (χ3n) is 2.63. The van der Waals surface area contributed by atoms with Crippen molar-refractivity contribution >= 4 is 21.7 Å². The van der Waals surface area contributed by atoms with Crippen LogP contribution in [0.15, 0.2) is 16.7 Å². The first kappa shape index (κ1) is 15.3. The lowest BCUT2D eigenvalue weighted by molar-refractivity contribution is -0.137. The molecule has 0 aliphatic heterocycles. The van der Waals surface area contributed by atoms with Crippen LogP contribution >= 0.6 is 15.9 Å². The summed E-state index contributed by atoms with van der Waals surface area (Å²) in [4.78, 5) is 3.84. The van der Waals surface area contributed by atoms with E-state index in [1.54, 1.807) is 0 Å². The minimum absolute atomic E-state index is 0.0183. The molecule has 1 atom stereocenters. The van der Waals surface area contributed by atoms with E-state index in [-0.39, 0.29) is 11.9 Å². The summed E-state index contributed by atoms with van der Waals surface area (Å²) in [5, 5.41) is 2.88. The van der Waals surface area contributed by atoms with Crippen molar-refractivity contribution in [2.75, 3.05) is 5.32 Å². The molecule has 1 heterocycles. The van der Waals surface area contributed by atoms with Gasteiger partial charge in [0.1, 0.15) is 5.82 Å². The van der Waals surface area contributed by atoms with Crippen molar-refractivity contribution < 1.29 is 13.2 Å². The van der Waals surface area contributed by atoms with Gasteiger partial charge in [0.2, 0.25) is 0 Å². The Balaban J connectivity index is 3.01. The Kier molecular flexibility index (Phi) is 5.44. The van der Waals surface area contributed by atoms with E-state index in [1.165, 1.54) is 6.20 Å². The Hall–Kier alpha value is -0.780. The summed E-state index contributed by atoms with van der Waals surface area (Å²) in [5.74, 6) is -0.0917. The van der Waals surface area contributed by atoms with Crippen LogP contribution in [0.5, 0.6) is 0 Å². The lowest BCUT2D eigenvalue weighted by atomic mass is 10.1. The molecule has 1 N–H and O–H groups in total. The van der Waals surface area contributed by atoms with Crippen LogP contribution in [-0.4, -0.2) is 11.0 Å². The summed E-state index contributed by atoms with van der Waals surface area (Å²) in [6.45, 7) is 3.95. The third-order valence-corrected chi connectivity index (χ3v) is 3.06. The number of rotatable bonds is 5. The summed E-state index contributed by atoms with van der Waals surface area (Å²) in [6.07, 6.45) is -0.516. The molecule has 0 aromatic carbocycles. The number of halogens is 4. The number of alkyl halides is 3. The highest BCUT2D eigenvalue weighted by Gasteiger charge is 2.35. The molecule has 6 heteroatoms. The number of hydrogen-bond acceptors (Lipinski definition) is 2. The molecule has 1 aromatic heterocycles. The largest absolute Gasteiger partial charge is 0.419 e. The third kappa shape index (κ3) is 4.15. The Bertz CT molecular complexity index is 393. The maximum Gasteiger partial charge on any atom is 0.419 e. The minimum Gasteiger partial charge on any atom is -0.367 e. The lowest BCUT2D eigenvalue weighted by Gasteiger charge is -2.20. The molecule has 1 unspecified atom stereocenters. The molecule has 1 rings (SSSR count). The average molecular weight is 325 g/mol. The van der Waals surface area contributed by atoms with E-state index in [0.717, 1.165) is 25.3 Å². The monoisotopic (exact) mass is 324 g/mol. The summed E-state index contributed by atoms with van der Waals surface area (Å²) < 4.78 is 38.9. The molecular weight excluding hydrogens is 309 g/mol. The highest BCUT2D eigenvalue weighted by atomic mass is 79.9. The number of pyridine rings is 1. The summed E-state index contributed by atoms with van der Waals surface area (Å²) >= 11 is 3.01. The van der Waals surface area contributed by atoms with E-state index in [2.05, 4.69) is 26.2 Å². The predicted octanol–water partition coefficient (Wildman–Crippen LogP) is 4.85. The topological polar surface area (TPSA) is 24.9 Å². The average Bonchev–Trinajstić information content (AvgIpc) is 2.29. The van der Waals surface area contributed by atoms with Crippen molar-refractivity contribution in [2.24, 2.45) is 0 Å². The zero-order valence-electron chi connectivity index (χ0n) is 10.3. The van der Waals surface area contributed by atoms with Crippen molar-refractivity contribution in [3.8, 4) is 0 Å². The van der Waals surface area contributed by atoms with Crippen LogP contribution in [0.25, 0.3) is 0 Å². The highest BCUT2D eigenvalue weighted by Crippen LogP contribution is 2.35. The molecule has 0 radical (unpaired) electrons. The minimum atomic E-state index is -4.40. The fraction of sp³-hybridized carbons (Fsp3) is 0.583. The van der Waals surface area contributed by atoms with E-state index >= 15 is 0 Å². The fourth-order valence-electron chi connectivity index (χ4n) is 1.69. The number of nitrogens with one attached hydrogen (secondary N) is 1. The van der Waals surface area contributed by atoms with Crippen LogP contribution in [0.2, 0.25) is 0 Å². The molecular formula is C12H16BrF3N2. The van der Waals surface area contributed by atoms with E-state index in [0.29, 0.717) is 4.47 Å². The molecule has 18 heavy (non-hydrogen) atoms. The smallest absolute Gasteiger partial charge is 0.367 e. The number of nitrogens with zero attached hydrogens (tertiary/aromatic N) is 1. The lowest BCUT2D eigenvalue weighted by Crippen LogP contribution is -2.22. The maximum atomic E-state index is 12.9. The van der Waals surface area contributed by atoms with Gasteiger partial charge in [-0.15, -0.1) is 0 Å². The molecule has 1 aromatic rings. The first-order chi connectivity index (χ1) is 8.38. The Morgan fingerprint density at radius 3 is 2.56 bits per heavy atom. The molecule has 0 bridgehead atoms. The van der Waals surface area contributed by atoms with Crippen molar-refractivity contribution in [3.63, 3.8) is 0 Å². The zero-order valence-corrected chi connectivity index (χ0v) is 11.9. The van der Waals surface area contributed by atoms with Gasteiger partial charge in [-0.05, 0) is 34.8 Å². The second-order valence-corrected chi connectivity index (χ2v) is 5.00. The normalized spacial score (nSPS) is 13.4. The van der Waals surface area contributed by atoms with Crippen LogP contribution in [0, 0.1) is 0 Å². The molecule has 0 saturated heterocycles. The highest BCUT2D eigenvalue weighted by molar-refractivity contribution is 9.10. The van der Waals surface area contributed by atoms with Gasteiger partial charge in [-0.2, -0.15) is 13.2 Å². The quantitative estimate of drug-likeness (QED) is 0.837. The van der Waals surface area contributed by atoms with Gasteiger partial charge >= 0.3 is 6.18 Å². The molecule has 0 amide bonds. The first-order valence-electron chi connectivity index (χ1n) is 5.87. The van der Waals surface area contributed by atoms with Crippen LogP contribution in [0.3, 0.4) is 0 Å². The summed E-state index contributed by atoms with van der Waals surface area (Å²) in [7, 11) is 0. The molecule has 0 spiro atoms. The van der Waals surface area contributed by atoms with Crippen molar-refractivity contribution in [2.45, 2.75) is 45.3 Å². The van der Waals surface area contributed by atoms with Crippen molar-refractivity contribution in [3.05, 3.63) is 22.3 Å². The van der Waals surface area contributed by atoms with Gasteiger partial charge < -0.3 is 5.32 Å². The SMILES string of the molecule is CCCC(CC)Nc1ncc(Br)cc1C(F)(F)F. The summed E-state index contributed by atoms with van der Waals surface area (Å²) in [6, 6.07) is 1.07. The first-order valence-corrected chi connectivity index (χ1v) is 6.67. The molecule has 0 aliphatic rings. The van der Waals surface area contributed by atoms with Gasteiger partial charge in [-0.1, -0.05) is 20.3 Å². The standard InChI is InChI=1S/C12H16BrF3N2/c1-3-5-9(4-2)18-11-10(12(14,15)16)6-8(13)7-17-11/h6-7,9H,3-5H2,1-2H3,(H,17,18). The fourth-order valence-corrected chi connectivity index (χ4v) is 2.02. The number of aromatic nitrogens is 1. The summed E-state index contributed by atoms with van der Waals surface area (Å²) in [5.41, 5.74) is -0.730. The Morgan fingerprint density at radius 2 is 2.06 bits per heavy atom. The van der Waals surface area contributed by atoms with Gasteiger partial charge in [0.05, 0.1) is 5.56 Å². The van der Waals surface area contributed by atoms with Crippen LogP contribution in [0.4, 0.5) is 19.0 Å². The van der Waals surface area contributed by atoms with E-state index in [9.17, 15) is 13.2 Å². The molecule has 102 valence electrons. The van der Waals surface area contributed by atoms with Gasteiger partial charge in [-0.3, -0.25) is 0 Å². The van der Waals surface area contributed by atoms with E-state index < -0.39 is 11.7 Å². The van der Waals surface area contributed by atoms with Crippen molar-refractivity contribution in [1.82, 2.24) is 4.98 Å².